The first-order valence-electron chi connectivity index (χ1n) is 11.1. The first-order chi connectivity index (χ1) is 15.5. The van der Waals surface area contributed by atoms with Crippen LogP contribution in [0.2, 0.25) is 0 Å². The molecule has 0 aromatic heterocycles. The lowest BCUT2D eigenvalue weighted by atomic mass is 9.91. The maximum Gasteiger partial charge on any atom is 0.415 e. The molecule has 33 heavy (non-hydrogen) atoms. The van der Waals surface area contributed by atoms with E-state index in [0.717, 1.165) is 10.8 Å². The van der Waals surface area contributed by atoms with E-state index >= 15 is 0 Å². The molecule has 1 heterocycles. The van der Waals surface area contributed by atoms with Gasteiger partial charge in [0.2, 0.25) is 11.8 Å². The third kappa shape index (κ3) is 5.83. The SMILES string of the molecule is CC(C)[C@H](N)C(=O)N1CCC[C@H]1NC(=O)[C@@H](Cc1ccc2ccccc2c1)[C@H](O)C(F)(F)F. The molecule has 180 valence electrons. The van der Waals surface area contributed by atoms with Crippen molar-refractivity contribution in [2.24, 2.45) is 17.6 Å². The number of likely N-dealkylation sites (tertiary alicyclic amines) is 1. The van der Waals surface area contributed by atoms with E-state index in [1.165, 1.54) is 4.90 Å². The Hall–Kier alpha value is -2.65. The fraction of sp³-hybridized carbons (Fsp3) is 0.500. The number of benzene rings is 2. The molecule has 2 aromatic rings. The predicted molar refractivity (Wildman–Crippen MR) is 119 cm³/mol. The molecule has 1 aliphatic heterocycles. The van der Waals surface area contributed by atoms with Crippen LogP contribution in [0, 0.1) is 11.8 Å². The van der Waals surface area contributed by atoms with E-state index in [2.05, 4.69) is 5.32 Å². The second-order valence-corrected chi connectivity index (χ2v) is 8.95. The summed E-state index contributed by atoms with van der Waals surface area (Å²) in [7, 11) is 0. The summed E-state index contributed by atoms with van der Waals surface area (Å²) in [5, 5.41) is 14.3. The highest BCUT2D eigenvalue weighted by Gasteiger charge is 2.47. The number of carbonyl (C=O) groups is 2. The lowest BCUT2D eigenvalue weighted by molar-refractivity contribution is -0.219. The lowest BCUT2D eigenvalue weighted by Crippen LogP contribution is -2.56. The summed E-state index contributed by atoms with van der Waals surface area (Å²) < 4.78 is 40.3. The number of hydrogen-bond acceptors (Lipinski definition) is 4. The van der Waals surface area contributed by atoms with Gasteiger partial charge in [0.15, 0.2) is 6.10 Å². The Morgan fingerprint density at radius 1 is 1.18 bits per heavy atom. The number of nitrogens with one attached hydrogen (secondary N) is 1. The van der Waals surface area contributed by atoms with Crippen LogP contribution in [0.25, 0.3) is 10.8 Å². The number of amides is 2. The monoisotopic (exact) mass is 465 g/mol. The van der Waals surface area contributed by atoms with Crippen LogP contribution >= 0.6 is 0 Å². The molecule has 6 nitrogen and oxygen atoms in total. The van der Waals surface area contributed by atoms with Gasteiger partial charge < -0.3 is 21.1 Å². The zero-order valence-electron chi connectivity index (χ0n) is 18.7. The Morgan fingerprint density at radius 2 is 1.85 bits per heavy atom. The van der Waals surface area contributed by atoms with E-state index in [-0.39, 0.29) is 18.2 Å². The number of nitrogens with two attached hydrogens (primary N) is 1. The zero-order valence-corrected chi connectivity index (χ0v) is 18.7. The lowest BCUT2D eigenvalue weighted by Gasteiger charge is -2.31. The van der Waals surface area contributed by atoms with Crippen LogP contribution in [0.3, 0.4) is 0 Å². The van der Waals surface area contributed by atoms with Crippen LogP contribution in [0.4, 0.5) is 13.2 Å². The standard InChI is InChI=1S/C24H30F3N3O3/c1-14(2)20(28)23(33)30-11-5-8-19(30)29-22(32)18(21(31)24(25,26)27)13-15-9-10-16-6-3-4-7-17(16)12-15/h3-4,6-7,9-10,12,14,18-21,31H,5,8,11,13,28H2,1-2H3,(H,29,32)/t18-,19-,20-,21-/m0/s1. The highest BCUT2D eigenvalue weighted by atomic mass is 19.4. The Balaban J connectivity index is 1.81. The fourth-order valence-corrected chi connectivity index (χ4v) is 4.12. The highest BCUT2D eigenvalue weighted by molar-refractivity contribution is 5.85. The van der Waals surface area contributed by atoms with Crippen molar-refractivity contribution in [3.8, 4) is 0 Å². The first kappa shape index (κ1) is 25.0. The molecule has 0 unspecified atom stereocenters. The van der Waals surface area contributed by atoms with Crippen molar-refractivity contribution >= 4 is 22.6 Å². The second kappa shape index (κ2) is 10.1. The summed E-state index contributed by atoms with van der Waals surface area (Å²) in [6.45, 7) is 3.96. The van der Waals surface area contributed by atoms with Crippen LogP contribution in [-0.4, -0.2) is 52.9 Å². The molecule has 2 aromatic carbocycles. The summed E-state index contributed by atoms with van der Waals surface area (Å²) >= 11 is 0. The minimum absolute atomic E-state index is 0.123. The average molecular weight is 466 g/mol. The van der Waals surface area contributed by atoms with E-state index in [1.807, 2.05) is 24.3 Å². The van der Waals surface area contributed by atoms with Crippen molar-refractivity contribution in [2.75, 3.05) is 6.54 Å². The average Bonchev–Trinajstić information content (AvgIpc) is 3.23. The number of fused-ring (bicyclic) bond motifs is 1. The van der Waals surface area contributed by atoms with Gasteiger partial charge in [0.25, 0.3) is 0 Å². The molecule has 0 spiro atoms. The van der Waals surface area contributed by atoms with E-state index in [0.29, 0.717) is 24.9 Å². The molecule has 1 saturated heterocycles. The summed E-state index contributed by atoms with van der Waals surface area (Å²) in [5.41, 5.74) is 6.45. The summed E-state index contributed by atoms with van der Waals surface area (Å²) in [5.74, 6) is -3.18. The van der Waals surface area contributed by atoms with Gasteiger partial charge in [0.05, 0.1) is 12.0 Å². The smallest absolute Gasteiger partial charge is 0.383 e. The summed E-state index contributed by atoms with van der Waals surface area (Å²) in [4.78, 5) is 27.1. The molecular formula is C24H30F3N3O3. The molecule has 0 radical (unpaired) electrons. The minimum atomic E-state index is -4.97. The Kier molecular flexibility index (Phi) is 7.64. The topological polar surface area (TPSA) is 95.7 Å². The summed E-state index contributed by atoms with van der Waals surface area (Å²) in [6.07, 6.45) is -7.86. The van der Waals surface area contributed by atoms with Gasteiger partial charge in [-0.3, -0.25) is 9.59 Å². The molecule has 9 heteroatoms. The molecule has 1 fully saturated rings. The molecule has 0 aliphatic carbocycles. The van der Waals surface area contributed by atoms with Gasteiger partial charge >= 0.3 is 6.18 Å². The fourth-order valence-electron chi connectivity index (χ4n) is 4.12. The van der Waals surface area contributed by atoms with Gasteiger partial charge in [0.1, 0.15) is 6.17 Å². The first-order valence-corrected chi connectivity index (χ1v) is 11.1. The molecule has 0 bridgehead atoms. The van der Waals surface area contributed by atoms with Crippen molar-refractivity contribution < 1.29 is 27.9 Å². The number of nitrogens with zero attached hydrogens (tertiary/aromatic N) is 1. The normalized spacial score (nSPS) is 19.5. The maximum atomic E-state index is 13.4. The third-order valence-corrected chi connectivity index (χ3v) is 6.17. The molecule has 1 aliphatic rings. The van der Waals surface area contributed by atoms with Crippen LogP contribution in [0.1, 0.15) is 32.3 Å². The Bertz CT molecular complexity index is 996. The Morgan fingerprint density at radius 3 is 2.48 bits per heavy atom. The zero-order chi connectivity index (χ0) is 24.3. The highest BCUT2D eigenvalue weighted by Crippen LogP contribution is 2.29. The van der Waals surface area contributed by atoms with E-state index in [1.54, 1.807) is 32.0 Å². The number of aliphatic hydroxyl groups is 1. The van der Waals surface area contributed by atoms with Gasteiger partial charge in [-0.15, -0.1) is 0 Å². The molecule has 2 amide bonds. The van der Waals surface area contributed by atoms with Crippen LogP contribution in [0.5, 0.6) is 0 Å². The van der Waals surface area contributed by atoms with Crippen molar-refractivity contribution in [3.63, 3.8) is 0 Å². The van der Waals surface area contributed by atoms with Crippen molar-refractivity contribution in [1.29, 1.82) is 0 Å². The molecule has 0 saturated carbocycles. The van der Waals surface area contributed by atoms with Crippen LogP contribution < -0.4 is 11.1 Å². The van der Waals surface area contributed by atoms with Crippen LogP contribution in [0.15, 0.2) is 42.5 Å². The van der Waals surface area contributed by atoms with Gasteiger partial charge in [-0.05, 0) is 41.5 Å². The van der Waals surface area contributed by atoms with E-state index in [9.17, 15) is 27.9 Å². The molecule has 3 rings (SSSR count). The minimum Gasteiger partial charge on any atom is -0.383 e. The Labute approximate surface area is 190 Å². The summed E-state index contributed by atoms with van der Waals surface area (Å²) in [6, 6.07) is 11.7. The van der Waals surface area contributed by atoms with Crippen molar-refractivity contribution in [1.82, 2.24) is 10.2 Å². The number of hydrogen-bond donors (Lipinski definition) is 3. The maximum absolute atomic E-state index is 13.4. The van der Waals surface area contributed by atoms with Gasteiger partial charge in [-0.2, -0.15) is 13.2 Å². The van der Waals surface area contributed by atoms with E-state index < -0.39 is 36.3 Å². The molecular weight excluding hydrogens is 435 g/mol. The quantitative estimate of drug-likeness (QED) is 0.586. The van der Waals surface area contributed by atoms with Gasteiger partial charge in [-0.25, -0.2) is 0 Å². The number of rotatable bonds is 7. The number of carbonyl (C=O) groups excluding carboxylic acids is 2. The number of aliphatic hydroxyl groups excluding tert-OH is 1. The predicted octanol–water partition coefficient (Wildman–Crippen LogP) is 2.97. The number of alkyl halides is 3. The van der Waals surface area contributed by atoms with Crippen LogP contribution in [-0.2, 0) is 16.0 Å². The van der Waals surface area contributed by atoms with Crippen molar-refractivity contribution in [2.45, 2.75) is 57.6 Å². The number of halogens is 3. The van der Waals surface area contributed by atoms with E-state index in [4.69, 9.17) is 5.73 Å². The molecule has 4 N–H and O–H groups in total. The van der Waals surface area contributed by atoms with Gasteiger partial charge in [0, 0.05) is 6.54 Å². The second-order valence-electron chi connectivity index (χ2n) is 8.95. The molecule has 4 atom stereocenters. The largest absolute Gasteiger partial charge is 0.415 e. The third-order valence-electron chi connectivity index (χ3n) is 6.17. The van der Waals surface area contributed by atoms with Gasteiger partial charge in [-0.1, -0.05) is 56.3 Å². The van der Waals surface area contributed by atoms with Crippen molar-refractivity contribution in [3.05, 3.63) is 48.0 Å².